The predicted molar refractivity (Wildman–Crippen MR) is 84.5 cm³/mol. The van der Waals surface area contributed by atoms with Crippen LogP contribution in [0.1, 0.15) is 15.9 Å². The van der Waals surface area contributed by atoms with Crippen LogP contribution in [0.2, 0.25) is 0 Å². The van der Waals surface area contributed by atoms with Gasteiger partial charge in [0.15, 0.2) is 0 Å². The second-order valence-corrected chi connectivity index (χ2v) is 4.97. The van der Waals surface area contributed by atoms with E-state index in [1.807, 2.05) is 6.07 Å². The number of aryl methyl sites for hydroxylation is 1. The van der Waals surface area contributed by atoms with E-state index in [0.717, 1.165) is 0 Å². The van der Waals surface area contributed by atoms with Crippen molar-refractivity contribution in [3.63, 3.8) is 0 Å². The second-order valence-electron chi connectivity index (χ2n) is 4.97. The minimum absolute atomic E-state index is 0.0147. The number of esters is 1. The maximum Gasteiger partial charge on any atom is 0.344 e. The monoisotopic (exact) mass is 308 g/mol. The van der Waals surface area contributed by atoms with Crippen LogP contribution in [0.3, 0.4) is 0 Å². The van der Waals surface area contributed by atoms with Gasteiger partial charge < -0.3 is 4.74 Å². The summed E-state index contributed by atoms with van der Waals surface area (Å²) in [5.41, 5.74) is 1.51. The quantitative estimate of drug-likeness (QED) is 0.319. The number of carbonyl (C=O) groups is 1. The molecule has 1 aromatic heterocycles. The third-order valence-corrected chi connectivity index (χ3v) is 3.44. The van der Waals surface area contributed by atoms with E-state index in [4.69, 9.17) is 4.74 Å². The summed E-state index contributed by atoms with van der Waals surface area (Å²) >= 11 is 0. The number of hydrogen-bond acceptors (Lipinski definition) is 5. The third kappa shape index (κ3) is 2.87. The van der Waals surface area contributed by atoms with Crippen molar-refractivity contribution in [2.45, 2.75) is 6.92 Å². The topological polar surface area (TPSA) is 82.3 Å². The Labute approximate surface area is 131 Å². The van der Waals surface area contributed by atoms with E-state index in [-0.39, 0.29) is 11.4 Å². The van der Waals surface area contributed by atoms with E-state index >= 15 is 0 Å². The highest BCUT2D eigenvalue weighted by atomic mass is 16.6. The zero-order chi connectivity index (χ0) is 16.4. The predicted octanol–water partition coefficient (Wildman–Crippen LogP) is 3.67. The number of benzene rings is 2. The molecule has 0 atom stereocenters. The van der Waals surface area contributed by atoms with Crippen molar-refractivity contribution in [1.82, 2.24) is 4.98 Å². The normalized spacial score (nSPS) is 10.5. The summed E-state index contributed by atoms with van der Waals surface area (Å²) in [6.07, 6.45) is 1.65. The Kier molecular flexibility index (Phi) is 3.72. The van der Waals surface area contributed by atoms with Gasteiger partial charge in [-0.05, 0) is 37.3 Å². The Morgan fingerprint density at radius 2 is 2.00 bits per heavy atom. The molecule has 0 spiro atoms. The zero-order valence-electron chi connectivity index (χ0n) is 12.2. The first-order valence-electron chi connectivity index (χ1n) is 6.87. The fourth-order valence-corrected chi connectivity index (χ4v) is 2.34. The Balaban J connectivity index is 1.92. The lowest BCUT2D eigenvalue weighted by molar-refractivity contribution is -0.385. The fourth-order valence-electron chi connectivity index (χ4n) is 2.34. The first kappa shape index (κ1) is 14.6. The molecule has 0 aliphatic rings. The van der Waals surface area contributed by atoms with Gasteiger partial charge in [-0.25, -0.2) is 4.79 Å². The number of carbonyl (C=O) groups excluding carboxylic acids is 1. The molecule has 3 aromatic rings. The van der Waals surface area contributed by atoms with E-state index < -0.39 is 10.9 Å². The van der Waals surface area contributed by atoms with Crippen molar-refractivity contribution < 1.29 is 14.5 Å². The van der Waals surface area contributed by atoms with Gasteiger partial charge in [-0.2, -0.15) is 0 Å². The molecule has 0 saturated carbocycles. The van der Waals surface area contributed by atoms with Crippen molar-refractivity contribution >= 4 is 22.6 Å². The summed E-state index contributed by atoms with van der Waals surface area (Å²) in [6.45, 7) is 1.59. The molecule has 2 aromatic carbocycles. The van der Waals surface area contributed by atoms with Gasteiger partial charge in [-0.1, -0.05) is 12.1 Å². The van der Waals surface area contributed by atoms with Crippen LogP contribution in [0.4, 0.5) is 5.69 Å². The van der Waals surface area contributed by atoms with Crippen molar-refractivity contribution in [3.05, 3.63) is 76.0 Å². The van der Waals surface area contributed by atoms with E-state index in [1.165, 1.54) is 18.2 Å². The molecular formula is C17H12N2O4. The van der Waals surface area contributed by atoms with Gasteiger partial charge in [0.1, 0.15) is 5.75 Å². The fraction of sp³-hybridized carbons (Fsp3) is 0.0588. The van der Waals surface area contributed by atoms with E-state index in [1.54, 1.807) is 37.4 Å². The number of ether oxygens (including phenoxy) is 1. The number of pyridine rings is 1. The average Bonchev–Trinajstić information content (AvgIpc) is 2.54. The van der Waals surface area contributed by atoms with Crippen LogP contribution in [0.25, 0.3) is 10.9 Å². The van der Waals surface area contributed by atoms with Crippen LogP contribution < -0.4 is 4.74 Å². The third-order valence-electron chi connectivity index (χ3n) is 3.44. The largest absolute Gasteiger partial charge is 0.423 e. The standard InChI is InChI=1S/C17H12N2O4/c1-11-10-12(7-8-16(11)19(21)22)23-17(20)14-4-2-6-15-13(14)5-3-9-18-15/h2-10H,1H3. The molecule has 0 N–H and O–H groups in total. The minimum Gasteiger partial charge on any atom is -0.423 e. The van der Waals surface area contributed by atoms with Crippen molar-refractivity contribution in [1.29, 1.82) is 0 Å². The summed E-state index contributed by atoms with van der Waals surface area (Å²) in [7, 11) is 0. The summed E-state index contributed by atoms with van der Waals surface area (Å²) in [5.74, 6) is -0.268. The number of nitro benzene ring substituents is 1. The molecular weight excluding hydrogens is 296 g/mol. The molecule has 6 heteroatoms. The molecule has 3 rings (SSSR count). The van der Waals surface area contributed by atoms with E-state index in [0.29, 0.717) is 22.0 Å². The lowest BCUT2D eigenvalue weighted by atomic mass is 10.1. The lowest BCUT2D eigenvalue weighted by Gasteiger charge is -2.07. The lowest BCUT2D eigenvalue weighted by Crippen LogP contribution is -2.09. The Hall–Kier alpha value is -3.28. The van der Waals surface area contributed by atoms with Gasteiger partial charge in [0.05, 0.1) is 16.0 Å². The number of nitro groups is 1. The van der Waals surface area contributed by atoms with Gasteiger partial charge in [0, 0.05) is 23.2 Å². The van der Waals surface area contributed by atoms with Gasteiger partial charge in [0.2, 0.25) is 0 Å². The maximum absolute atomic E-state index is 12.4. The second kappa shape index (κ2) is 5.84. The van der Waals surface area contributed by atoms with Crippen LogP contribution >= 0.6 is 0 Å². The van der Waals surface area contributed by atoms with E-state index in [9.17, 15) is 14.9 Å². The number of aromatic nitrogens is 1. The van der Waals surface area contributed by atoms with Gasteiger partial charge in [-0.3, -0.25) is 15.1 Å². The molecule has 23 heavy (non-hydrogen) atoms. The summed E-state index contributed by atoms with van der Waals surface area (Å²) in [6, 6.07) is 12.9. The molecule has 0 bridgehead atoms. The molecule has 114 valence electrons. The molecule has 0 unspecified atom stereocenters. The highest BCUT2D eigenvalue weighted by molar-refractivity contribution is 6.04. The molecule has 0 amide bonds. The average molecular weight is 308 g/mol. The maximum atomic E-state index is 12.4. The van der Waals surface area contributed by atoms with Crippen LogP contribution in [0.15, 0.2) is 54.7 Å². The van der Waals surface area contributed by atoms with Crippen molar-refractivity contribution in [3.8, 4) is 5.75 Å². The number of hydrogen-bond donors (Lipinski definition) is 0. The van der Waals surface area contributed by atoms with Crippen LogP contribution in [-0.4, -0.2) is 15.9 Å². The molecule has 0 aliphatic heterocycles. The first-order chi connectivity index (χ1) is 11.1. The molecule has 0 fully saturated rings. The van der Waals surface area contributed by atoms with E-state index in [2.05, 4.69) is 4.98 Å². The number of rotatable bonds is 3. The number of nitrogens with zero attached hydrogens (tertiary/aromatic N) is 2. The molecule has 0 aliphatic carbocycles. The first-order valence-corrected chi connectivity index (χ1v) is 6.87. The summed E-state index contributed by atoms with van der Waals surface area (Å²) < 4.78 is 5.33. The molecule has 1 heterocycles. The molecule has 6 nitrogen and oxygen atoms in total. The summed E-state index contributed by atoms with van der Waals surface area (Å²) in [4.78, 5) is 26.9. The smallest absolute Gasteiger partial charge is 0.344 e. The Morgan fingerprint density at radius 1 is 1.17 bits per heavy atom. The van der Waals surface area contributed by atoms with Gasteiger partial charge >= 0.3 is 5.97 Å². The SMILES string of the molecule is Cc1cc(OC(=O)c2cccc3ncccc23)ccc1[N+](=O)[O-]. The van der Waals surface area contributed by atoms with Crippen molar-refractivity contribution in [2.75, 3.05) is 0 Å². The minimum atomic E-state index is -0.531. The zero-order valence-corrected chi connectivity index (χ0v) is 12.2. The van der Waals surface area contributed by atoms with Gasteiger partial charge in [0.25, 0.3) is 5.69 Å². The summed E-state index contributed by atoms with van der Waals surface area (Å²) in [5, 5.41) is 11.5. The van der Waals surface area contributed by atoms with Crippen LogP contribution in [0.5, 0.6) is 5.75 Å². The highest BCUT2D eigenvalue weighted by Gasteiger charge is 2.15. The molecule has 0 radical (unpaired) electrons. The van der Waals surface area contributed by atoms with Crippen LogP contribution in [0, 0.1) is 17.0 Å². The molecule has 0 saturated heterocycles. The Bertz CT molecular complexity index is 916. The highest BCUT2D eigenvalue weighted by Crippen LogP contribution is 2.24. The number of fused-ring (bicyclic) bond motifs is 1. The Morgan fingerprint density at radius 3 is 2.74 bits per heavy atom. The van der Waals surface area contributed by atoms with Gasteiger partial charge in [-0.15, -0.1) is 0 Å². The van der Waals surface area contributed by atoms with Crippen LogP contribution in [-0.2, 0) is 0 Å². The van der Waals surface area contributed by atoms with Crippen molar-refractivity contribution in [2.24, 2.45) is 0 Å².